The number of aromatic nitrogens is 3. The van der Waals surface area contributed by atoms with E-state index in [2.05, 4.69) is 28.7 Å². The molecule has 0 radical (unpaired) electrons. The Kier molecular flexibility index (Phi) is 4.71. The molecular weight excluding hydrogens is 338 g/mol. The predicted molar refractivity (Wildman–Crippen MR) is 106 cm³/mol. The summed E-state index contributed by atoms with van der Waals surface area (Å²) in [5, 5.41) is 0.920. The van der Waals surface area contributed by atoms with Crippen LogP contribution in [0.25, 0.3) is 10.9 Å². The van der Waals surface area contributed by atoms with Crippen molar-refractivity contribution in [1.29, 1.82) is 0 Å². The molecule has 1 aliphatic heterocycles. The number of fused-ring (bicyclic) bond motifs is 1. The number of hydrogen-bond acceptors (Lipinski definition) is 5. The van der Waals surface area contributed by atoms with Crippen LogP contribution in [0.2, 0.25) is 0 Å². The quantitative estimate of drug-likeness (QED) is 0.717. The van der Waals surface area contributed by atoms with E-state index in [1.165, 1.54) is 0 Å². The zero-order valence-electron chi connectivity index (χ0n) is 15.7. The lowest BCUT2D eigenvalue weighted by molar-refractivity contribution is 0.0748. The van der Waals surface area contributed by atoms with Crippen LogP contribution < -0.4 is 4.90 Å². The number of rotatable bonds is 3. The minimum atomic E-state index is 0.0781. The van der Waals surface area contributed by atoms with E-state index in [0.29, 0.717) is 13.1 Å². The van der Waals surface area contributed by atoms with Crippen molar-refractivity contribution in [3.8, 4) is 0 Å². The zero-order chi connectivity index (χ0) is 18.8. The average Bonchev–Trinajstić information content (AvgIpc) is 2.73. The molecule has 1 aromatic carbocycles. The molecule has 1 aliphatic rings. The first-order valence-corrected chi connectivity index (χ1v) is 9.33. The summed E-state index contributed by atoms with van der Waals surface area (Å²) < 4.78 is 0. The van der Waals surface area contributed by atoms with E-state index in [0.717, 1.165) is 41.1 Å². The first kappa shape index (κ1) is 17.4. The number of benzene rings is 1. The molecule has 0 atom stereocenters. The van der Waals surface area contributed by atoms with Crippen LogP contribution in [0.3, 0.4) is 0 Å². The van der Waals surface area contributed by atoms with Crippen LogP contribution in [0.1, 0.15) is 35.8 Å². The van der Waals surface area contributed by atoms with E-state index in [1.807, 2.05) is 35.2 Å². The van der Waals surface area contributed by atoms with Gasteiger partial charge in [-0.05, 0) is 18.1 Å². The Balaban J connectivity index is 1.58. The third-order valence-electron chi connectivity index (χ3n) is 5.00. The Morgan fingerprint density at radius 1 is 1.07 bits per heavy atom. The van der Waals surface area contributed by atoms with Gasteiger partial charge < -0.3 is 9.80 Å². The number of pyridine rings is 1. The molecule has 1 saturated heterocycles. The van der Waals surface area contributed by atoms with Gasteiger partial charge in [-0.15, -0.1) is 0 Å². The maximum atomic E-state index is 13.3. The minimum Gasteiger partial charge on any atom is -0.352 e. The highest BCUT2D eigenvalue weighted by atomic mass is 16.2. The number of amides is 1. The molecule has 1 fully saturated rings. The molecule has 0 saturated carbocycles. The molecule has 0 N–H and O–H groups in total. The summed E-state index contributed by atoms with van der Waals surface area (Å²) in [5.74, 6) is 1.21. The molecule has 27 heavy (non-hydrogen) atoms. The molecule has 0 spiro atoms. The molecule has 0 bridgehead atoms. The summed E-state index contributed by atoms with van der Waals surface area (Å²) >= 11 is 0. The third kappa shape index (κ3) is 3.47. The van der Waals surface area contributed by atoms with Gasteiger partial charge in [-0.25, -0.2) is 4.98 Å². The van der Waals surface area contributed by atoms with E-state index in [-0.39, 0.29) is 11.8 Å². The second-order valence-electron chi connectivity index (χ2n) is 7.11. The topological polar surface area (TPSA) is 62.2 Å². The second-order valence-corrected chi connectivity index (χ2v) is 7.11. The standard InChI is InChI=1S/C21H23N5O/c1-15(2)19-13-17(16-5-3-4-6-18(16)24-19)21(27)26-11-9-25(10-12-26)20-14-22-7-8-23-20/h3-8,13-15H,9-12H2,1-2H3. The average molecular weight is 361 g/mol. The molecule has 6 nitrogen and oxygen atoms in total. The molecule has 0 aliphatic carbocycles. The highest BCUT2D eigenvalue weighted by Gasteiger charge is 2.25. The fraction of sp³-hybridized carbons (Fsp3) is 0.333. The second kappa shape index (κ2) is 7.31. The SMILES string of the molecule is CC(C)c1cc(C(=O)N2CCN(c3cnccn3)CC2)c2ccccc2n1. The highest BCUT2D eigenvalue weighted by molar-refractivity contribution is 6.06. The van der Waals surface area contributed by atoms with Gasteiger partial charge >= 0.3 is 0 Å². The Hall–Kier alpha value is -3.02. The maximum Gasteiger partial charge on any atom is 0.254 e. The summed E-state index contributed by atoms with van der Waals surface area (Å²) in [7, 11) is 0. The van der Waals surface area contributed by atoms with Crippen LogP contribution in [0, 0.1) is 0 Å². The molecule has 4 rings (SSSR count). The lowest BCUT2D eigenvalue weighted by atomic mass is 10.0. The van der Waals surface area contributed by atoms with Gasteiger partial charge in [-0.3, -0.25) is 14.8 Å². The normalized spacial score (nSPS) is 14.8. The molecule has 6 heteroatoms. The summed E-state index contributed by atoms with van der Waals surface area (Å²) in [6.45, 7) is 7.05. The summed E-state index contributed by atoms with van der Waals surface area (Å²) in [6, 6.07) is 9.85. The van der Waals surface area contributed by atoms with Gasteiger partial charge in [-0.2, -0.15) is 0 Å². The van der Waals surface area contributed by atoms with E-state index >= 15 is 0 Å². The van der Waals surface area contributed by atoms with Gasteiger partial charge in [-0.1, -0.05) is 32.0 Å². The largest absolute Gasteiger partial charge is 0.352 e. The van der Waals surface area contributed by atoms with Crippen molar-refractivity contribution in [2.24, 2.45) is 0 Å². The lowest BCUT2D eigenvalue weighted by Crippen LogP contribution is -2.49. The molecular formula is C21H23N5O. The summed E-state index contributed by atoms with van der Waals surface area (Å²) in [6.07, 6.45) is 5.14. The summed E-state index contributed by atoms with van der Waals surface area (Å²) in [4.78, 5) is 30.6. The van der Waals surface area contributed by atoms with Crippen LogP contribution >= 0.6 is 0 Å². The monoisotopic (exact) mass is 361 g/mol. The Labute approximate surface area is 158 Å². The third-order valence-corrected chi connectivity index (χ3v) is 5.00. The van der Waals surface area contributed by atoms with Crippen LogP contribution in [-0.2, 0) is 0 Å². The zero-order valence-corrected chi connectivity index (χ0v) is 15.7. The van der Waals surface area contributed by atoms with Crippen molar-refractivity contribution in [2.75, 3.05) is 31.1 Å². The Morgan fingerprint density at radius 3 is 2.56 bits per heavy atom. The van der Waals surface area contributed by atoms with Crippen molar-refractivity contribution in [1.82, 2.24) is 19.9 Å². The molecule has 2 aromatic heterocycles. The molecule has 1 amide bonds. The van der Waals surface area contributed by atoms with Crippen LogP contribution in [0.15, 0.2) is 48.9 Å². The van der Waals surface area contributed by atoms with Crippen molar-refractivity contribution in [3.63, 3.8) is 0 Å². The lowest BCUT2D eigenvalue weighted by Gasteiger charge is -2.35. The van der Waals surface area contributed by atoms with E-state index in [1.54, 1.807) is 18.6 Å². The first-order valence-electron chi connectivity index (χ1n) is 9.33. The van der Waals surface area contributed by atoms with Crippen molar-refractivity contribution < 1.29 is 4.79 Å². The predicted octanol–water partition coefficient (Wildman–Crippen LogP) is 3.11. The van der Waals surface area contributed by atoms with Gasteiger partial charge in [0.1, 0.15) is 5.82 Å². The van der Waals surface area contributed by atoms with Crippen LogP contribution in [0.5, 0.6) is 0 Å². The number of para-hydroxylation sites is 1. The van der Waals surface area contributed by atoms with Crippen molar-refractivity contribution >= 4 is 22.6 Å². The number of hydrogen-bond donors (Lipinski definition) is 0. The highest BCUT2D eigenvalue weighted by Crippen LogP contribution is 2.24. The van der Waals surface area contributed by atoms with Crippen LogP contribution in [-0.4, -0.2) is 51.9 Å². The van der Waals surface area contributed by atoms with Gasteiger partial charge in [0.2, 0.25) is 0 Å². The Morgan fingerprint density at radius 2 is 1.85 bits per heavy atom. The van der Waals surface area contributed by atoms with E-state index < -0.39 is 0 Å². The molecule has 3 heterocycles. The van der Waals surface area contributed by atoms with E-state index in [9.17, 15) is 4.79 Å². The molecule has 0 unspecified atom stereocenters. The fourth-order valence-corrected chi connectivity index (χ4v) is 3.43. The fourth-order valence-electron chi connectivity index (χ4n) is 3.43. The summed E-state index contributed by atoms with van der Waals surface area (Å²) in [5.41, 5.74) is 2.58. The minimum absolute atomic E-state index is 0.0781. The first-order chi connectivity index (χ1) is 13.1. The maximum absolute atomic E-state index is 13.3. The number of nitrogens with zero attached hydrogens (tertiary/aromatic N) is 5. The number of carbonyl (C=O) groups excluding carboxylic acids is 1. The van der Waals surface area contributed by atoms with E-state index in [4.69, 9.17) is 4.98 Å². The number of anilines is 1. The molecule has 138 valence electrons. The van der Waals surface area contributed by atoms with Gasteiger partial charge in [0.05, 0.1) is 17.3 Å². The van der Waals surface area contributed by atoms with Gasteiger partial charge in [0, 0.05) is 49.7 Å². The van der Waals surface area contributed by atoms with Crippen molar-refractivity contribution in [3.05, 3.63) is 60.2 Å². The van der Waals surface area contributed by atoms with Crippen LogP contribution in [0.4, 0.5) is 5.82 Å². The Bertz CT molecular complexity index is 949. The smallest absolute Gasteiger partial charge is 0.254 e. The van der Waals surface area contributed by atoms with Gasteiger partial charge in [0.15, 0.2) is 0 Å². The molecule has 3 aromatic rings. The number of piperazine rings is 1. The van der Waals surface area contributed by atoms with Gasteiger partial charge in [0.25, 0.3) is 5.91 Å². The number of carbonyl (C=O) groups is 1. The van der Waals surface area contributed by atoms with Crippen molar-refractivity contribution in [2.45, 2.75) is 19.8 Å².